The van der Waals surface area contributed by atoms with Crippen LogP contribution in [0.2, 0.25) is 5.02 Å². The van der Waals surface area contributed by atoms with Gasteiger partial charge in [0.05, 0.1) is 13.7 Å². The molecular weight excluding hydrogens is 498 g/mol. The largest absolute Gasteiger partial charge is 0.504 e. The number of amides is 1. The highest BCUT2D eigenvalue weighted by molar-refractivity contribution is 6.30. The van der Waals surface area contributed by atoms with Gasteiger partial charge in [-0.1, -0.05) is 29.8 Å². The third-order valence-corrected chi connectivity index (χ3v) is 5.67. The molecule has 0 bridgehead atoms. The van der Waals surface area contributed by atoms with Crippen molar-refractivity contribution < 1.29 is 49.3 Å². The maximum absolute atomic E-state index is 12.7. The lowest BCUT2D eigenvalue weighted by Crippen LogP contribution is -2.60. The summed E-state index contributed by atoms with van der Waals surface area (Å²) in [5.41, 5.74) is 1.77. The normalized spacial score (nSPS) is 24.2. The minimum Gasteiger partial charge on any atom is -0.504 e. The fraction of sp³-hybridized carbons (Fsp3) is 0.333. The van der Waals surface area contributed by atoms with Crippen molar-refractivity contribution >= 4 is 29.1 Å². The Balaban J connectivity index is 1.68. The van der Waals surface area contributed by atoms with Crippen molar-refractivity contribution in [3.05, 3.63) is 64.7 Å². The average molecular weight is 524 g/mol. The van der Waals surface area contributed by atoms with Gasteiger partial charge in [0.15, 0.2) is 23.9 Å². The Kier molecular flexibility index (Phi) is 9.26. The van der Waals surface area contributed by atoms with E-state index in [9.17, 15) is 30.0 Å². The van der Waals surface area contributed by atoms with E-state index >= 15 is 0 Å². The number of hydrogen-bond acceptors (Lipinski definition) is 9. The highest BCUT2D eigenvalue weighted by Gasteiger charge is 2.47. The monoisotopic (exact) mass is 523 g/mol. The van der Waals surface area contributed by atoms with E-state index in [4.69, 9.17) is 30.9 Å². The van der Waals surface area contributed by atoms with E-state index in [1.807, 2.05) is 0 Å². The van der Waals surface area contributed by atoms with E-state index in [0.717, 1.165) is 0 Å². The first kappa shape index (κ1) is 27.4. The molecule has 1 aliphatic heterocycles. The summed E-state index contributed by atoms with van der Waals surface area (Å²) in [7, 11) is 1.41. The number of hydrogen-bond donors (Lipinski definition) is 6. The van der Waals surface area contributed by atoms with Crippen molar-refractivity contribution in [2.45, 2.75) is 30.7 Å². The van der Waals surface area contributed by atoms with Crippen molar-refractivity contribution in [2.24, 2.45) is 0 Å². The predicted molar refractivity (Wildman–Crippen MR) is 126 cm³/mol. The van der Waals surface area contributed by atoms with Gasteiger partial charge in [-0.25, -0.2) is 4.79 Å². The fourth-order valence-corrected chi connectivity index (χ4v) is 3.66. The van der Waals surface area contributed by atoms with Crippen LogP contribution in [0, 0.1) is 0 Å². The summed E-state index contributed by atoms with van der Waals surface area (Å²) in [4.78, 5) is 23.8. The zero-order valence-electron chi connectivity index (χ0n) is 19.1. The number of carbonyl (C=O) groups excluding carboxylic acids is 1. The van der Waals surface area contributed by atoms with E-state index in [0.29, 0.717) is 21.7 Å². The molecule has 1 amide bonds. The third-order valence-electron chi connectivity index (χ3n) is 5.42. The molecule has 12 heteroatoms. The van der Waals surface area contributed by atoms with Crippen LogP contribution in [0.1, 0.15) is 11.1 Å². The van der Waals surface area contributed by atoms with Crippen LogP contribution in [0.5, 0.6) is 11.5 Å². The molecule has 194 valence electrons. The van der Waals surface area contributed by atoms with E-state index in [-0.39, 0.29) is 24.7 Å². The van der Waals surface area contributed by atoms with E-state index in [1.165, 1.54) is 19.3 Å². The van der Waals surface area contributed by atoms with Gasteiger partial charge >= 0.3 is 5.97 Å². The summed E-state index contributed by atoms with van der Waals surface area (Å²) in [6, 6.07) is 11.4. The van der Waals surface area contributed by atoms with Crippen LogP contribution in [0.3, 0.4) is 0 Å². The number of phenols is 1. The molecule has 0 saturated carbocycles. The van der Waals surface area contributed by atoms with Gasteiger partial charge in [-0.15, -0.1) is 0 Å². The van der Waals surface area contributed by atoms with Crippen molar-refractivity contribution in [3.63, 3.8) is 0 Å². The molecule has 0 aromatic heterocycles. The lowest BCUT2D eigenvalue weighted by Gasteiger charge is -2.38. The Hall–Kier alpha value is -3.19. The Morgan fingerprint density at radius 2 is 1.72 bits per heavy atom. The topological polar surface area (TPSA) is 175 Å². The van der Waals surface area contributed by atoms with Crippen LogP contribution in [-0.2, 0) is 19.1 Å². The molecule has 36 heavy (non-hydrogen) atoms. The Labute approximate surface area is 211 Å². The number of carboxylic acids is 1. The number of carboxylic acid groups (broad SMARTS) is 1. The minimum atomic E-state index is -1.83. The highest BCUT2D eigenvalue weighted by atomic mass is 35.5. The van der Waals surface area contributed by atoms with Gasteiger partial charge in [0, 0.05) is 17.6 Å². The van der Waals surface area contributed by atoms with Gasteiger partial charge in [-0.05, 0) is 41.0 Å². The zero-order chi connectivity index (χ0) is 26.4. The summed E-state index contributed by atoms with van der Waals surface area (Å²) < 4.78 is 15.5. The second-order valence-electron chi connectivity index (χ2n) is 7.85. The standard InChI is InChI=1S/C24H26ClNO10/c1-34-17-10-13(4-7-16(17)27)15(12-2-5-14(25)6-3-12)11-18(28)26-8-9-35-24-21(31)19(29)20(30)22(36-24)23(32)33/h2-7,10-11,19-22,24,27,29-31H,8-9H2,1H3,(H,26,28)(H,32,33)/t19-,20-,21+,22-,24+/m0/s1. The Bertz CT molecular complexity index is 1110. The number of rotatable bonds is 9. The van der Waals surface area contributed by atoms with Crippen LogP contribution >= 0.6 is 11.6 Å². The number of halogens is 1. The number of benzene rings is 2. The average Bonchev–Trinajstić information content (AvgIpc) is 2.85. The van der Waals surface area contributed by atoms with Gasteiger partial charge in [-0.2, -0.15) is 0 Å². The number of methoxy groups -OCH3 is 1. The molecule has 1 heterocycles. The van der Waals surface area contributed by atoms with E-state index in [1.54, 1.807) is 36.4 Å². The lowest BCUT2D eigenvalue weighted by molar-refractivity contribution is -0.293. The fourth-order valence-electron chi connectivity index (χ4n) is 3.53. The van der Waals surface area contributed by atoms with E-state index in [2.05, 4.69) is 5.32 Å². The van der Waals surface area contributed by atoms with Crippen LogP contribution < -0.4 is 10.1 Å². The molecule has 6 N–H and O–H groups in total. The molecular formula is C24H26ClNO10. The number of phenolic OH excluding ortho intramolecular Hbond substituents is 1. The smallest absolute Gasteiger partial charge is 0.335 e. The number of nitrogens with one attached hydrogen (secondary N) is 1. The second-order valence-corrected chi connectivity index (χ2v) is 8.28. The van der Waals surface area contributed by atoms with Gasteiger partial charge in [0.1, 0.15) is 18.3 Å². The maximum atomic E-state index is 12.7. The summed E-state index contributed by atoms with van der Waals surface area (Å²) in [6.45, 7) is -0.245. The number of ether oxygens (including phenoxy) is 3. The zero-order valence-corrected chi connectivity index (χ0v) is 19.8. The molecule has 1 aliphatic rings. The van der Waals surface area contributed by atoms with Crippen molar-refractivity contribution in [1.29, 1.82) is 0 Å². The summed E-state index contributed by atoms with van der Waals surface area (Å²) in [5.74, 6) is -1.87. The summed E-state index contributed by atoms with van der Waals surface area (Å²) in [6.07, 6.45) is -7.27. The number of aliphatic hydroxyl groups is 3. The van der Waals surface area contributed by atoms with Crippen LogP contribution in [-0.4, -0.2) is 88.4 Å². The predicted octanol–water partition coefficient (Wildman–Crippen LogP) is 0.511. The van der Waals surface area contributed by atoms with Crippen LogP contribution in [0.25, 0.3) is 5.57 Å². The Morgan fingerprint density at radius 3 is 2.36 bits per heavy atom. The molecule has 0 unspecified atom stereocenters. The van der Waals surface area contributed by atoms with Crippen molar-refractivity contribution in [1.82, 2.24) is 5.32 Å². The quantitative estimate of drug-likeness (QED) is 0.201. The van der Waals surface area contributed by atoms with Crippen LogP contribution in [0.15, 0.2) is 48.5 Å². The summed E-state index contributed by atoms with van der Waals surface area (Å²) in [5, 5.41) is 51.6. The molecule has 1 saturated heterocycles. The SMILES string of the molecule is COc1cc(C(=CC(=O)NCCO[C@@H]2O[C@H](C(=O)O)[C@@H](O)[C@H](O)[C@H]2O)c2ccc(Cl)cc2)ccc1O. The molecule has 11 nitrogen and oxygen atoms in total. The van der Waals surface area contributed by atoms with Crippen molar-refractivity contribution in [2.75, 3.05) is 20.3 Å². The molecule has 3 rings (SSSR count). The molecule has 0 spiro atoms. The first-order valence-electron chi connectivity index (χ1n) is 10.8. The van der Waals surface area contributed by atoms with Gasteiger partial charge < -0.3 is 45.1 Å². The molecule has 2 aromatic rings. The minimum absolute atomic E-state index is 0.0505. The van der Waals surface area contributed by atoms with Gasteiger partial charge in [0.2, 0.25) is 5.91 Å². The van der Waals surface area contributed by atoms with Crippen molar-refractivity contribution in [3.8, 4) is 11.5 Å². The maximum Gasteiger partial charge on any atom is 0.335 e. The lowest BCUT2D eigenvalue weighted by atomic mass is 9.97. The third kappa shape index (κ3) is 6.52. The number of aliphatic hydroxyl groups excluding tert-OH is 3. The first-order chi connectivity index (χ1) is 17.1. The molecule has 0 radical (unpaired) electrons. The number of aromatic hydroxyl groups is 1. The van der Waals surface area contributed by atoms with Gasteiger partial charge in [0.25, 0.3) is 0 Å². The summed E-state index contributed by atoms with van der Waals surface area (Å²) >= 11 is 5.98. The molecule has 1 fully saturated rings. The molecule has 2 aromatic carbocycles. The molecule has 5 atom stereocenters. The Morgan fingerprint density at radius 1 is 1.06 bits per heavy atom. The van der Waals surface area contributed by atoms with E-state index < -0.39 is 42.6 Å². The van der Waals surface area contributed by atoms with Crippen LogP contribution in [0.4, 0.5) is 0 Å². The second kappa shape index (κ2) is 12.2. The molecule has 0 aliphatic carbocycles. The first-order valence-corrected chi connectivity index (χ1v) is 11.2. The number of carbonyl (C=O) groups is 2. The van der Waals surface area contributed by atoms with Gasteiger partial charge in [-0.3, -0.25) is 4.79 Å². The number of aliphatic carboxylic acids is 1. The highest BCUT2D eigenvalue weighted by Crippen LogP contribution is 2.32.